The Hall–Kier alpha value is -4.29. The first-order valence-corrected chi connectivity index (χ1v) is 19.0. The summed E-state index contributed by atoms with van der Waals surface area (Å²) in [6.07, 6.45) is 3.66. The van der Waals surface area contributed by atoms with E-state index < -0.39 is 35.0 Å². The minimum absolute atomic E-state index is 0.124. The summed E-state index contributed by atoms with van der Waals surface area (Å²) in [7, 11) is 3.45. The van der Waals surface area contributed by atoms with Crippen molar-refractivity contribution in [2.45, 2.75) is 110 Å². The number of nitrogens with zero attached hydrogens (tertiary/aromatic N) is 2. The fraction of sp³-hybridized carbons (Fsp3) is 0.585. The molecule has 5 unspecified atom stereocenters. The highest BCUT2D eigenvalue weighted by Crippen LogP contribution is 2.32. The largest absolute Gasteiger partial charge is 0.347 e. The summed E-state index contributed by atoms with van der Waals surface area (Å²) in [6.45, 7) is 13.0. The van der Waals surface area contributed by atoms with Crippen LogP contribution < -0.4 is 26.6 Å². The third-order valence-corrected chi connectivity index (χ3v) is 10.9. The zero-order valence-electron chi connectivity index (χ0n) is 32.7. The van der Waals surface area contributed by atoms with Crippen LogP contribution in [0.25, 0.3) is 0 Å². The van der Waals surface area contributed by atoms with Crippen molar-refractivity contribution in [3.63, 3.8) is 0 Å². The zero-order valence-corrected chi connectivity index (χ0v) is 32.7. The number of carbonyl (C=O) groups excluding carboxylic acids is 5. The average molecular weight is 730 g/mol. The molecule has 0 aromatic heterocycles. The Morgan fingerprint density at radius 3 is 2.23 bits per heavy atom. The highest BCUT2D eigenvalue weighted by Gasteiger charge is 2.45. The molecule has 1 fully saturated rings. The number of likely N-dealkylation sites (N-methyl/N-ethyl adjacent to an activating group) is 2. The Balaban J connectivity index is 1.29. The van der Waals surface area contributed by atoms with E-state index in [1.807, 2.05) is 65.8 Å². The fourth-order valence-electron chi connectivity index (χ4n) is 8.05. The van der Waals surface area contributed by atoms with Gasteiger partial charge in [-0.1, -0.05) is 71.9 Å². The number of amides is 5. The normalized spacial score (nSPS) is 21.2. The molecule has 0 radical (unpaired) electrons. The molecule has 2 aromatic rings. The maximum absolute atomic E-state index is 14.1. The van der Waals surface area contributed by atoms with E-state index >= 15 is 0 Å². The van der Waals surface area contributed by atoms with Crippen molar-refractivity contribution in [1.82, 2.24) is 36.4 Å². The molecule has 2 aromatic carbocycles. The second kappa shape index (κ2) is 16.4. The summed E-state index contributed by atoms with van der Waals surface area (Å²) in [5, 5.41) is 15.3. The molecule has 5 N–H and O–H groups in total. The van der Waals surface area contributed by atoms with Crippen molar-refractivity contribution in [1.29, 1.82) is 0 Å². The molecule has 2 heterocycles. The van der Waals surface area contributed by atoms with E-state index in [0.29, 0.717) is 31.5 Å². The Bertz CT molecular complexity index is 1700. The molecule has 1 saturated heterocycles. The van der Waals surface area contributed by atoms with Gasteiger partial charge in [0.25, 0.3) is 5.91 Å². The number of nitrogens with one attached hydrogen (secondary N) is 5. The molecule has 53 heavy (non-hydrogen) atoms. The van der Waals surface area contributed by atoms with E-state index in [-0.39, 0.29) is 48.7 Å². The van der Waals surface area contributed by atoms with Gasteiger partial charge in [0.2, 0.25) is 23.6 Å². The first-order valence-electron chi connectivity index (χ1n) is 19.0. The molecule has 288 valence electrons. The number of rotatable bonds is 10. The van der Waals surface area contributed by atoms with Crippen molar-refractivity contribution < 1.29 is 24.0 Å². The quantitative estimate of drug-likeness (QED) is 0.252. The number of likely N-dealkylation sites (tertiary alicyclic amines) is 1. The number of hydrogen-bond donors (Lipinski definition) is 5. The topological polar surface area (TPSA) is 152 Å². The van der Waals surface area contributed by atoms with Gasteiger partial charge in [-0.05, 0) is 91.4 Å². The molecular formula is C41H59N7O5. The van der Waals surface area contributed by atoms with Crippen molar-refractivity contribution >= 4 is 29.5 Å². The van der Waals surface area contributed by atoms with Gasteiger partial charge in [-0.2, -0.15) is 0 Å². The smallest absolute Gasteiger partial charge is 0.251 e. The Labute approximate surface area is 314 Å². The third-order valence-electron chi connectivity index (χ3n) is 10.9. The van der Waals surface area contributed by atoms with Gasteiger partial charge < -0.3 is 36.4 Å². The molecular weight excluding hydrogens is 670 g/mol. The second-order valence-electron chi connectivity index (χ2n) is 17.0. The first-order chi connectivity index (χ1) is 25.0. The lowest BCUT2D eigenvalue weighted by atomic mass is 9.85. The van der Waals surface area contributed by atoms with Crippen LogP contribution in [0.5, 0.6) is 0 Å². The molecule has 5 atom stereocenters. The Morgan fingerprint density at radius 1 is 0.830 bits per heavy atom. The molecule has 0 spiro atoms. The van der Waals surface area contributed by atoms with E-state index in [9.17, 15) is 24.0 Å². The number of carbonyl (C=O) groups is 5. The Morgan fingerprint density at radius 2 is 1.55 bits per heavy atom. The summed E-state index contributed by atoms with van der Waals surface area (Å²) in [5.41, 5.74) is 3.92. The lowest BCUT2D eigenvalue weighted by molar-refractivity contribution is -0.142. The third kappa shape index (κ3) is 9.27. The van der Waals surface area contributed by atoms with Crippen LogP contribution in [0.3, 0.4) is 0 Å². The van der Waals surface area contributed by atoms with Crippen LogP contribution in [0, 0.1) is 10.8 Å². The summed E-state index contributed by atoms with van der Waals surface area (Å²) in [5.74, 6) is -1.01. The molecule has 12 heteroatoms. The number of benzene rings is 2. The van der Waals surface area contributed by atoms with Crippen molar-refractivity contribution in [2.75, 3.05) is 33.7 Å². The van der Waals surface area contributed by atoms with E-state index in [2.05, 4.69) is 38.7 Å². The van der Waals surface area contributed by atoms with Gasteiger partial charge in [0.15, 0.2) is 0 Å². The summed E-state index contributed by atoms with van der Waals surface area (Å²) >= 11 is 0. The van der Waals surface area contributed by atoms with Crippen molar-refractivity contribution in [2.24, 2.45) is 10.8 Å². The van der Waals surface area contributed by atoms with E-state index in [1.165, 1.54) is 5.56 Å². The molecule has 0 bridgehead atoms. The van der Waals surface area contributed by atoms with Crippen LogP contribution in [0.4, 0.5) is 0 Å². The predicted octanol–water partition coefficient (Wildman–Crippen LogP) is 2.85. The highest BCUT2D eigenvalue weighted by molar-refractivity contribution is 5.96. The number of fused-ring (bicyclic) bond motifs is 2. The van der Waals surface area contributed by atoms with E-state index in [1.54, 1.807) is 30.0 Å². The highest BCUT2D eigenvalue weighted by atomic mass is 16.2. The maximum Gasteiger partial charge on any atom is 0.251 e. The lowest BCUT2D eigenvalue weighted by Gasteiger charge is -2.37. The van der Waals surface area contributed by atoms with Crippen LogP contribution in [-0.2, 0) is 38.6 Å². The average Bonchev–Trinajstić information content (AvgIpc) is 3.53. The van der Waals surface area contributed by atoms with Crippen molar-refractivity contribution in [3.05, 3.63) is 70.3 Å². The molecule has 2 aliphatic heterocycles. The predicted molar refractivity (Wildman–Crippen MR) is 205 cm³/mol. The van der Waals surface area contributed by atoms with E-state index in [0.717, 1.165) is 36.0 Å². The monoisotopic (exact) mass is 729 g/mol. The van der Waals surface area contributed by atoms with Crippen LogP contribution in [0.1, 0.15) is 99.5 Å². The summed E-state index contributed by atoms with van der Waals surface area (Å²) in [4.78, 5) is 71.3. The second-order valence-corrected chi connectivity index (χ2v) is 17.0. The standard InChI is InChI=1S/C41H59N7O5/c1-40(2,3)34(43-8)39(53)48-24-29(21-32(48)37(51)45-31-15-11-13-25-12-9-10-14-30(25)31)44-36(50)27-16-17-28-23-47(19-18-26(28)20-27)38(52)35(41(4,5)6)46-33(49)22-42-7/h9-10,12,14,16-17,20,29,31-32,34-35,42-43H,11,13,15,18-19,21-24H2,1-8H3,(H,44,50)(H,45,51)(H,46,49). The Kier molecular flexibility index (Phi) is 12.3. The van der Waals surface area contributed by atoms with Gasteiger partial charge in [-0.25, -0.2) is 0 Å². The molecule has 0 saturated carbocycles. The first kappa shape index (κ1) is 39.9. The van der Waals surface area contributed by atoms with Gasteiger partial charge in [0.05, 0.1) is 18.6 Å². The van der Waals surface area contributed by atoms with Crippen LogP contribution in [-0.4, -0.2) is 97.2 Å². The minimum atomic E-state index is -0.730. The number of hydrogen-bond acceptors (Lipinski definition) is 7. The molecule has 1 aliphatic carbocycles. The van der Waals surface area contributed by atoms with Gasteiger partial charge >= 0.3 is 0 Å². The van der Waals surface area contributed by atoms with Crippen LogP contribution >= 0.6 is 0 Å². The van der Waals surface area contributed by atoms with Crippen LogP contribution in [0.15, 0.2) is 42.5 Å². The lowest BCUT2D eigenvalue weighted by Crippen LogP contribution is -2.56. The summed E-state index contributed by atoms with van der Waals surface area (Å²) in [6, 6.07) is 11.3. The van der Waals surface area contributed by atoms with Gasteiger partial charge in [-0.15, -0.1) is 0 Å². The fourth-order valence-corrected chi connectivity index (χ4v) is 8.05. The molecule has 5 rings (SSSR count). The zero-order chi connectivity index (χ0) is 38.7. The molecule has 3 aliphatic rings. The number of aryl methyl sites for hydroxylation is 1. The molecule has 12 nitrogen and oxygen atoms in total. The minimum Gasteiger partial charge on any atom is -0.347 e. The van der Waals surface area contributed by atoms with Gasteiger partial charge in [0, 0.05) is 31.2 Å². The molecule has 5 amide bonds. The van der Waals surface area contributed by atoms with Gasteiger partial charge in [-0.3, -0.25) is 24.0 Å². The van der Waals surface area contributed by atoms with E-state index in [4.69, 9.17) is 0 Å². The SMILES string of the molecule is CNCC(=O)NC(C(=O)N1CCc2cc(C(=O)NC3CC(C(=O)NC4CCCc5ccccc54)N(C(=O)C(NC)C(C)(C)C)C3)ccc2C1)C(C)(C)C. The summed E-state index contributed by atoms with van der Waals surface area (Å²) < 4.78 is 0. The van der Waals surface area contributed by atoms with Crippen molar-refractivity contribution in [3.8, 4) is 0 Å². The van der Waals surface area contributed by atoms with Gasteiger partial charge in [0.1, 0.15) is 12.1 Å². The maximum atomic E-state index is 14.1. The van der Waals surface area contributed by atoms with Crippen LogP contribution in [0.2, 0.25) is 0 Å².